The van der Waals surface area contributed by atoms with Crippen LogP contribution in [-0.4, -0.2) is 225 Å². The first-order valence-electron chi connectivity index (χ1n) is 43.8. The molecule has 6 aliphatic rings. The van der Waals surface area contributed by atoms with E-state index < -0.39 is 11.1 Å². The highest BCUT2D eigenvalue weighted by Crippen LogP contribution is 2.47. The van der Waals surface area contributed by atoms with E-state index in [4.69, 9.17) is 71.1 Å². The molecule has 0 spiro atoms. The van der Waals surface area contributed by atoms with Crippen LogP contribution in [0.3, 0.4) is 0 Å². The van der Waals surface area contributed by atoms with E-state index in [2.05, 4.69) is 175 Å². The lowest BCUT2D eigenvalue weighted by atomic mass is 9.92. The third-order valence-corrected chi connectivity index (χ3v) is 30.9. The van der Waals surface area contributed by atoms with Crippen molar-refractivity contribution in [2.75, 3.05) is 107 Å². The van der Waals surface area contributed by atoms with Gasteiger partial charge in [-0.1, -0.05) is 101 Å². The number of fused-ring (bicyclic) bond motifs is 12. The number of piperazine rings is 1. The Bertz CT molecular complexity index is 6210. The summed E-state index contributed by atoms with van der Waals surface area (Å²) in [6.45, 7) is 40.6. The molecule has 0 amide bonds. The highest BCUT2D eigenvalue weighted by atomic mass is 35.5. The SMILES string of the molecule is COC(=O)C[C@]1(C)N=C(c2ccc(Cl)cc2)c2c(sc(C)c2C)-n2c(C)nnc21.Cc1sc2c(c1C)C(c1ccc(Cl)cc1)=N[C@@H](CN(C)C)c1nnc(C)n1-2.Cc1sc2c(c1C)C(c1ccc(Cl)cc1)=N[C@@H](CN(C)CCCN1CCCCC1)c1nnc(C)n1-2.Cc1sc2c(c1C)C(c1ccc(Cl)cc1)=N[C@@](C)(CC(=O)CCCN1CCN(C)CC1)c1nnc(C)n1-2. The van der Waals surface area contributed by atoms with Crippen LogP contribution in [0.5, 0.6) is 0 Å². The summed E-state index contributed by atoms with van der Waals surface area (Å²) in [5, 5.41) is 42.9. The van der Waals surface area contributed by atoms with Crippen LogP contribution < -0.4 is 0 Å². The number of carbonyl (C=O) groups excluding carboxylic acids is 2. The molecule has 0 radical (unpaired) electrons. The fourth-order valence-electron chi connectivity index (χ4n) is 17.7. The molecule has 32 heteroatoms. The molecule has 4 atom stereocenters. The number of hydrogen-bond acceptors (Lipinski definition) is 24. The van der Waals surface area contributed by atoms with Gasteiger partial charge in [-0.3, -0.25) is 47.8 Å². The monoisotopic (exact) mass is 1880 g/mol. The molecular formula is C96H113Cl4N21O3S4. The molecule has 0 unspecified atom stereocenters. The summed E-state index contributed by atoms with van der Waals surface area (Å²) < 4.78 is 13.5. The number of halogens is 4. The Morgan fingerprint density at radius 2 is 0.773 bits per heavy atom. The van der Waals surface area contributed by atoms with Gasteiger partial charge in [0.05, 0.1) is 36.4 Å². The number of aliphatic imine (C=N–C) groups is 4. The highest BCUT2D eigenvalue weighted by Gasteiger charge is 2.44. The molecule has 8 aromatic heterocycles. The number of ether oxygens (including phenoxy) is 1. The number of likely N-dealkylation sites (tertiary alicyclic amines) is 1. The molecule has 2 fully saturated rings. The van der Waals surface area contributed by atoms with Crippen molar-refractivity contribution < 1.29 is 14.3 Å². The van der Waals surface area contributed by atoms with Crippen LogP contribution in [0.4, 0.5) is 0 Å². The topological polar surface area (TPSA) is 232 Å². The van der Waals surface area contributed by atoms with Crippen LogP contribution in [0, 0.1) is 83.1 Å². The molecule has 0 aliphatic carbocycles. The van der Waals surface area contributed by atoms with Crippen LogP contribution in [0.1, 0.15) is 210 Å². The number of benzene rings is 4. The van der Waals surface area contributed by atoms with E-state index in [0.29, 0.717) is 22.3 Å². The minimum Gasteiger partial charge on any atom is -0.469 e. The van der Waals surface area contributed by atoms with Crippen molar-refractivity contribution in [3.63, 3.8) is 0 Å². The fraction of sp³-hybridized carbons (Fsp3) is 0.438. The molecule has 12 aromatic rings. The van der Waals surface area contributed by atoms with E-state index in [0.717, 1.165) is 186 Å². The van der Waals surface area contributed by atoms with Gasteiger partial charge in [0.25, 0.3) is 0 Å². The van der Waals surface area contributed by atoms with Crippen LogP contribution in [0.2, 0.25) is 20.1 Å². The average molecular weight is 1880 g/mol. The second kappa shape index (κ2) is 39.6. The van der Waals surface area contributed by atoms with Gasteiger partial charge >= 0.3 is 5.97 Å². The van der Waals surface area contributed by atoms with E-state index in [1.54, 1.807) is 45.3 Å². The summed E-state index contributed by atoms with van der Waals surface area (Å²) in [5.74, 6) is 6.40. The first-order valence-corrected chi connectivity index (χ1v) is 48.5. The van der Waals surface area contributed by atoms with E-state index in [9.17, 15) is 9.59 Å². The van der Waals surface area contributed by atoms with Gasteiger partial charge < -0.3 is 29.2 Å². The minimum absolute atomic E-state index is 0.0612. The molecule has 0 saturated carbocycles. The van der Waals surface area contributed by atoms with Gasteiger partial charge in [0.15, 0.2) is 23.3 Å². The van der Waals surface area contributed by atoms with E-state index in [-0.39, 0.29) is 36.7 Å². The average Bonchev–Trinajstić information content (AvgIpc) is 1.58. The molecule has 18 rings (SSSR count). The van der Waals surface area contributed by atoms with Crippen LogP contribution >= 0.6 is 91.8 Å². The van der Waals surface area contributed by atoms with Crippen molar-refractivity contribution in [2.45, 2.75) is 171 Å². The summed E-state index contributed by atoms with van der Waals surface area (Å²) >= 11 is 31.7. The number of hydrogen-bond donors (Lipinski definition) is 0. The molecule has 24 nitrogen and oxygen atoms in total. The van der Waals surface area contributed by atoms with Crippen LogP contribution in [0.25, 0.3) is 20.0 Å². The number of thiophene rings is 4. The lowest BCUT2D eigenvalue weighted by Gasteiger charge is -2.32. The Balaban J connectivity index is 0.000000132. The van der Waals surface area contributed by atoms with Gasteiger partial charge in [0, 0.05) is 136 Å². The number of carbonyl (C=O) groups is 2. The Kier molecular flexibility index (Phi) is 29.0. The van der Waals surface area contributed by atoms with Crippen molar-refractivity contribution >= 4 is 126 Å². The van der Waals surface area contributed by atoms with E-state index >= 15 is 0 Å². The number of esters is 1. The van der Waals surface area contributed by atoms with Gasteiger partial charge in [0.2, 0.25) is 0 Å². The molecular weight excluding hydrogens is 1770 g/mol. The Labute approximate surface area is 786 Å². The van der Waals surface area contributed by atoms with Gasteiger partial charge in [-0.25, -0.2) is 0 Å². The summed E-state index contributed by atoms with van der Waals surface area (Å²) in [4.78, 5) is 63.7. The molecule has 4 aromatic carbocycles. The zero-order valence-electron chi connectivity index (χ0n) is 76.6. The number of nitrogens with zero attached hydrogens (tertiary/aromatic N) is 21. The van der Waals surface area contributed by atoms with Gasteiger partial charge in [0.1, 0.15) is 72.2 Å². The van der Waals surface area contributed by atoms with Crippen molar-refractivity contribution in [3.05, 3.63) is 250 Å². The number of aryl methyl sites for hydroxylation is 8. The third kappa shape index (κ3) is 19.7. The molecule has 14 heterocycles. The molecule has 0 N–H and O–H groups in total. The number of rotatable bonds is 20. The van der Waals surface area contributed by atoms with E-state index in [1.807, 2.05) is 131 Å². The van der Waals surface area contributed by atoms with Crippen LogP contribution in [0.15, 0.2) is 117 Å². The third-order valence-electron chi connectivity index (χ3n) is 25.2. The molecule has 6 aliphatic heterocycles. The fourth-order valence-corrected chi connectivity index (χ4v) is 23.0. The quantitative estimate of drug-likeness (QED) is 0.0646. The Morgan fingerprint density at radius 1 is 0.430 bits per heavy atom. The standard InChI is InChI=1S/C28H35ClN6OS.C27H35ClN6S.C21H21ClN4O2S.C20H22ClN5S/c1-18-19(2)37-26-24(18)25(21-8-10-22(29)11-9-21)30-28(4,27-32-31-20(3)35(26)27)17-23(36)7-6-12-34-15-13-33(5)14-16-34;1-18-19(2)35-27-24(18)25(21-9-11-22(28)12-10-21)29-23(26-31-30-20(3)34(26)27)17-32(4)13-8-16-33-14-6-5-7-15-33;1-11-12(2)29-19-17(11)18(14-6-8-15(22)9-7-14)23-21(4,10-16(27)28-5)20-25-24-13(3)26(19)20;1-11-12(2)27-20-17(11)18(14-6-8-15(21)9-7-14)22-16(10-25(4)5)19-24-23-13(3)26(19)20/h8-11H,6-7,12-17H2,1-5H3;9-12,23H,5-8,13-17H2,1-4H3;6-9H,10H2,1-5H3;6-9,16H,10H2,1-5H3/t28-;23-;21-;16-/m0000/s1. The van der Waals surface area contributed by atoms with E-state index in [1.165, 1.54) is 105 Å². The molecule has 672 valence electrons. The number of piperidine rings is 1. The maximum Gasteiger partial charge on any atom is 0.308 e. The maximum absolute atomic E-state index is 13.4. The highest BCUT2D eigenvalue weighted by molar-refractivity contribution is 7.16. The summed E-state index contributed by atoms with van der Waals surface area (Å²) in [7, 11) is 9.86. The number of ketones is 1. The number of likely N-dealkylation sites (N-methyl/N-ethyl adjacent to an activating group) is 3. The zero-order chi connectivity index (χ0) is 91.1. The Morgan fingerprint density at radius 3 is 1.17 bits per heavy atom. The second-order valence-electron chi connectivity index (χ2n) is 35.0. The van der Waals surface area contributed by atoms with Gasteiger partial charge in [-0.15, -0.1) is 86.1 Å². The summed E-state index contributed by atoms with van der Waals surface area (Å²) in [5.41, 5.74) is 15.4. The minimum atomic E-state index is -0.928. The van der Waals surface area contributed by atoms with Crippen molar-refractivity contribution in [2.24, 2.45) is 20.0 Å². The maximum atomic E-state index is 13.4. The second-order valence-corrected chi connectivity index (χ2v) is 41.6. The van der Waals surface area contributed by atoms with Crippen molar-refractivity contribution in [3.8, 4) is 20.0 Å². The normalized spacial score (nSPS) is 18.4. The van der Waals surface area contributed by atoms with Crippen molar-refractivity contribution in [1.29, 1.82) is 0 Å². The molecule has 128 heavy (non-hydrogen) atoms. The predicted molar refractivity (Wildman–Crippen MR) is 523 cm³/mol. The number of Topliss-reactive ketones (excluding diaryl/α,β-unsaturated/α-hetero) is 1. The predicted octanol–water partition coefficient (Wildman–Crippen LogP) is 19.5. The Hall–Kier alpha value is -8.98. The molecule has 2 saturated heterocycles. The first kappa shape index (κ1) is 93.7. The lowest BCUT2D eigenvalue weighted by molar-refractivity contribution is -0.142. The molecule has 0 bridgehead atoms. The van der Waals surface area contributed by atoms with Crippen LogP contribution in [-0.2, 0) is 25.4 Å². The summed E-state index contributed by atoms with van der Waals surface area (Å²) in [6, 6.07) is 31.2. The zero-order valence-corrected chi connectivity index (χ0v) is 82.9. The first-order chi connectivity index (χ1) is 61.2. The smallest absolute Gasteiger partial charge is 0.308 e. The summed E-state index contributed by atoms with van der Waals surface area (Å²) in [6.07, 6.45) is 7.01. The van der Waals surface area contributed by atoms with Gasteiger partial charge in [-0.05, 0) is 254 Å². The lowest BCUT2D eigenvalue weighted by Crippen LogP contribution is -2.44. The number of methoxy groups -OCH3 is 1. The largest absolute Gasteiger partial charge is 0.469 e. The van der Waals surface area contributed by atoms with Crippen molar-refractivity contribution in [1.82, 2.24) is 83.6 Å². The van der Waals surface area contributed by atoms with Gasteiger partial charge in [-0.2, -0.15) is 0 Å². The number of aromatic nitrogens is 12.